The molecule has 2 unspecified atom stereocenters. The molecule has 1 aromatic rings. The Labute approximate surface area is 108 Å². The normalized spacial score (nSPS) is 26.1. The van der Waals surface area contributed by atoms with Gasteiger partial charge in [-0.1, -0.05) is 13.8 Å². The number of nitrogen functional groups attached to an aromatic ring is 1. The maximum atomic E-state index is 12.5. The van der Waals surface area contributed by atoms with Crippen LogP contribution in [-0.2, 0) is 10.0 Å². The summed E-state index contributed by atoms with van der Waals surface area (Å²) < 4.78 is 26.5. The zero-order valence-corrected chi connectivity index (χ0v) is 11.5. The number of aromatic nitrogens is 1. The topological polar surface area (TPSA) is 76.3 Å². The summed E-state index contributed by atoms with van der Waals surface area (Å²) in [7, 11) is -3.44. The van der Waals surface area contributed by atoms with E-state index in [9.17, 15) is 8.42 Å². The van der Waals surface area contributed by atoms with Crippen molar-refractivity contribution in [3.63, 3.8) is 0 Å². The maximum absolute atomic E-state index is 12.5. The molecule has 1 aromatic heterocycles. The van der Waals surface area contributed by atoms with Crippen LogP contribution >= 0.6 is 0 Å². The van der Waals surface area contributed by atoms with Crippen LogP contribution in [0.5, 0.6) is 0 Å². The van der Waals surface area contributed by atoms with Crippen molar-refractivity contribution in [3.8, 4) is 0 Å². The van der Waals surface area contributed by atoms with Gasteiger partial charge in [0.15, 0.2) is 0 Å². The van der Waals surface area contributed by atoms with Crippen LogP contribution in [0.15, 0.2) is 23.2 Å². The summed E-state index contributed by atoms with van der Waals surface area (Å²) in [6.07, 6.45) is 2.50. The first kappa shape index (κ1) is 13.3. The van der Waals surface area contributed by atoms with Crippen molar-refractivity contribution in [3.05, 3.63) is 18.3 Å². The van der Waals surface area contributed by atoms with Gasteiger partial charge in [-0.05, 0) is 24.3 Å². The molecule has 5 nitrogen and oxygen atoms in total. The van der Waals surface area contributed by atoms with Gasteiger partial charge in [-0.15, -0.1) is 0 Å². The van der Waals surface area contributed by atoms with E-state index < -0.39 is 10.0 Å². The van der Waals surface area contributed by atoms with Gasteiger partial charge >= 0.3 is 0 Å². The highest BCUT2D eigenvalue weighted by atomic mass is 32.2. The van der Waals surface area contributed by atoms with E-state index in [1.54, 1.807) is 4.31 Å². The van der Waals surface area contributed by atoms with E-state index in [0.717, 1.165) is 6.42 Å². The van der Waals surface area contributed by atoms with Crippen LogP contribution in [0.25, 0.3) is 0 Å². The lowest BCUT2D eigenvalue weighted by molar-refractivity contribution is 0.222. The van der Waals surface area contributed by atoms with Crippen molar-refractivity contribution >= 4 is 15.8 Å². The zero-order valence-electron chi connectivity index (χ0n) is 10.7. The largest absolute Gasteiger partial charge is 0.384 e. The van der Waals surface area contributed by atoms with E-state index in [0.29, 0.717) is 24.9 Å². The Kier molecular flexibility index (Phi) is 3.59. The van der Waals surface area contributed by atoms with Crippen molar-refractivity contribution in [2.24, 2.45) is 11.8 Å². The summed E-state index contributed by atoms with van der Waals surface area (Å²) >= 11 is 0. The molecule has 0 saturated carbocycles. The predicted octanol–water partition coefficient (Wildman–Crippen LogP) is 1.33. The second-order valence-corrected chi connectivity index (χ2v) is 7.12. The minimum Gasteiger partial charge on any atom is -0.384 e. The molecule has 2 atom stereocenters. The lowest BCUT2D eigenvalue weighted by Crippen LogP contribution is -2.42. The average molecular weight is 269 g/mol. The van der Waals surface area contributed by atoms with E-state index in [-0.39, 0.29) is 10.7 Å². The first-order valence-corrected chi connectivity index (χ1v) is 7.55. The predicted molar refractivity (Wildman–Crippen MR) is 70.4 cm³/mol. The molecule has 18 heavy (non-hydrogen) atoms. The highest BCUT2D eigenvalue weighted by Crippen LogP contribution is 2.26. The number of hydrogen-bond donors (Lipinski definition) is 1. The fraction of sp³-hybridized carbons (Fsp3) is 0.583. The molecule has 6 heteroatoms. The molecule has 0 aromatic carbocycles. The Morgan fingerprint density at radius 3 is 2.50 bits per heavy atom. The van der Waals surface area contributed by atoms with Gasteiger partial charge < -0.3 is 5.73 Å². The maximum Gasteiger partial charge on any atom is 0.243 e. The number of piperidine rings is 1. The van der Waals surface area contributed by atoms with Crippen molar-refractivity contribution in [1.29, 1.82) is 0 Å². The van der Waals surface area contributed by atoms with Crippen molar-refractivity contribution in [1.82, 2.24) is 9.29 Å². The summed E-state index contributed by atoms with van der Waals surface area (Å²) in [6.45, 7) is 5.32. The molecule has 0 amide bonds. The summed E-state index contributed by atoms with van der Waals surface area (Å²) in [5.41, 5.74) is 5.55. The Balaban J connectivity index is 2.31. The Morgan fingerprint density at radius 2 is 1.94 bits per heavy atom. The van der Waals surface area contributed by atoms with Crippen molar-refractivity contribution in [2.75, 3.05) is 18.8 Å². The first-order chi connectivity index (χ1) is 8.39. The number of hydrogen-bond acceptors (Lipinski definition) is 4. The summed E-state index contributed by atoms with van der Waals surface area (Å²) in [5.74, 6) is 1.01. The smallest absolute Gasteiger partial charge is 0.243 e. The minimum atomic E-state index is -3.44. The number of sulfonamides is 1. The quantitative estimate of drug-likeness (QED) is 0.878. The second-order valence-electron chi connectivity index (χ2n) is 5.18. The molecule has 2 rings (SSSR count). The molecule has 100 valence electrons. The molecule has 0 spiro atoms. The summed E-state index contributed by atoms with van der Waals surface area (Å²) in [4.78, 5) is 4.06. The Hall–Kier alpha value is -1.14. The fourth-order valence-corrected chi connectivity index (χ4v) is 4.24. The SMILES string of the molecule is CC1CC(C)CN(S(=O)(=O)c2ccnc(N)c2)C1. The monoisotopic (exact) mass is 269 g/mol. The van der Waals surface area contributed by atoms with E-state index in [1.165, 1.54) is 18.3 Å². The minimum absolute atomic E-state index is 0.231. The number of rotatable bonds is 2. The highest BCUT2D eigenvalue weighted by molar-refractivity contribution is 7.89. The number of anilines is 1. The number of nitrogens with zero attached hydrogens (tertiary/aromatic N) is 2. The van der Waals surface area contributed by atoms with Crippen LogP contribution < -0.4 is 5.73 Å². The molecule has 1 saturated heterocycles. The van der Waals surface area contributed by atoms with Crippen molar-refractivity contribution < 1.29 is 8.42 Å². The van der Waals surface area contributed by atoms with Crippen LogP contribution in [0, 0.1) is 11.8 Å². The van der Waals surface area contributed by atoms with Gasteiger partial charge in [0.25, 0.3) is 0 Å². The standard InChI is InChI=1S/C12H19N3O2S/c1-9-5-10(2)8-15(7-9)18(16,17)11-3-4-14-12(13)6-11/h3-4,6,9-10H,5,7-8H2,1-2H3,(H2,13,14). The van der Waals surface area contributed by atoms with E-state index in [1.807, 2.05) is 0 Å². The van der Waals surface area contributed by atoms with Crippen LogP contribution in [0.3, 0.4) is 0 Å². The average Bonchev–Trinajstić information content (AvgIpc) is 2.27. The van der Waals surface area contributed by atoms with E-state index >= 15 is 0 Å². The molecule has 0 bridgehead atoms. The highest BCUT2D eigenvalue weighted by Gasteiger charge is 2.31. The van der Waals surface area contributed by atoms with Gasteiger partial charge in [-0.2, -0.15) is 4.31 Å². The molecule has 1 aliphatic rings. The zero-order chi connectivity index (χ0) is 13.3. The van der Waals surface area contributed by atoms with Gasteiger partial charge in [0.1, 0.15) is 5.82 Å². The van der Waals surface area contributed by atoms with Crippen LogP contribution in [0.4, 0.5) is 5.82 Å². The molecule has 1 fully saturated rings. The molecule has 1 aliphatic heterocycles. The summed E-state index contributed by atoms with van der Waals surface area (Å²) in [6, 6.07) is 2.91. The van der Waals surface area contributed by atoms with Crippen LogP contribution in [-0.4, -0.2) is 30.8 Å². The first-order valence-electron chi connectivity index (χ1n) is 6.11. The molecule has 2 heterocycles. The van der Waals surface area contributed by atoms with Gasteiger partial charge in [-0.3, -0.25) is 0 Å². The third-order valence-corrected chi connectivity index (χ3v) is 5.05. The number of nitrogens with two attached hydrogens (primary N) is 1. The molecule has 0 aliphatic carbocycles. The second kappa shape index (κ2) is 4.85. The molecular formula is C12H19N3O2S. The lowest BCUT2D eigenvalue weighted by Gasteiger charge is -2.34. The van der Waals surface area contributed by atoms with Gasteiger partial charge in [0, 0.05) is 25.4 Å². The molecular weight excluding hydrogens is 250 g/mol. The van der Waals surface area contributed by atoms with Crippen LogP contribution in [0.1, 0.15) is 20.3 Å². The Bertz CT molecular complexity index is 520. The van der Waals surface area contributed by atoms with Crippen LogP contribution in [0.2, 0.25) is 0 Å². The van der Waals surface area contributed by atoms with Crippen molar-refractivity contribution in [2.45, 2.75) is 25.2 Å². The third kappa shape index (κ3) is 2.64. The van der Waals surface area contributed by atoms with Gasteiger partial charge in [0.2, 0.25) is 10.0 Å². The summed E-state index contributed by atoms with van der Waals surface area (Å²) in [5, 5.41) is 0. The van der Waals surface area contributed by atoms with E-state index in [4.69, 9.17) is 5.73 Å². The lowest BCUT2D eigenvalue weighted by atomic mass is 9.94. The Morgan fingerprint density at radius 1 is 1.33 bits per heavy atom. The third-order valence-electron chi connectivity index (χ3n) is 3.23. The number of pyridine rings is 1. The molecule has 0 radical (unpaired) electrons. The van der Waals surface area contributed by atoms with Gasteiger partial charge in [0.05, 0.1) is 4.90 Å². The molecule has 2 N–H and O–H groups in total. The van der Waals surface area contributed by atoms with Gasteiger partial charge in [-0.25, -0.2) is 13.4 Å². The fourth-order valence-electron chi connectivity index (χ4n) is 2.54. The van der Waals surface area contributed by atoms with E-state index in [2.05, 4.69) is 18.8 Å².